The molecule has 6 nitrogen and oxygen atoms in total. The monoisotopic (exact) mass is 300 g/mol. The van der Waals surface area contributed by atoms with Crippen LogP contribution in [0.4, 0.5) is 4.79 Å². The Bertz CT molecular complexity index is 352. The SMILES string of the molecule is CC(C)CC1(CNC(=O)NCC[C@H](O)C(=O)O)CCCC1. The zero-order valence-electron chi connectivity index (χ0n) is 13.0. The van der Waals surface area contributed by atoms with E-state index in [1.54, 1.807) is 0 Å². The van der Waals surface area contributed by atoms with Crippen LogP contribution in [-0.2, 0) is 4.79 Å². The van der Waals surface area contributed by atoms with Crippen LogP contribution in [0.1, 0.15) is 52.4 Å². The van der Waals surface area contributed by atoms with Crippen molar-refractivity contribution in [3.05, 3.63) is 0 Å². The summed E-state index contributed by atoms with van der Waals surface area (Å²) in [5.74, 6) is -0.655. The minimum atomic E-state index is -1.42. The van der Waals surface area contributed by atoms with Crippen molar-refractivity contribution >= 4 is 12.0 Å². The van der Waals surface area contributed by atoms with Gasteiger partial charge in [0.2, 0.25) is 0 Å². The van der Waals surface area contributed by atoms with Gasteiger partial charge in [-0.25, -0.2) is 9.59 Å². The predicted molar refractivity (Wildman–Crippen MR) is 80.0 cm³/mol. The van der Waals surface area contributed by atoms with Crippen LogP contribution < -0.4 is 10.6 Å². The number of hydrogen-bond donors (Lipinski definition) is 4. The third-order valence-electron chi connectivity index (χ3n) is 4.12. The van der Waals surface area contributed by atoms with Gasteiger partial charge >= 0.3 is 12.0 Å². The molecular formula is C15H28N2O4. The molecule has 1 saturated carbocycles. The maximum absolute atomic E-state index is 11.7. The Labute approximate surface area is 126 Å². The summed E-state index contributed by atoms with van der Waals surface area (Å²) in [5.41, 5.74) is 0.214. The van der Waals surface area contributed by atoms with Crippen molar-refractivity contribution in [2.75, 3.05) is 13.1 Å². The van der Waals surface area contributed by atoms with Crippen LogP contribution in [0.3, 0.4) is 0 Å². The van der Waals surface area contributed by atoms with Gasteiger partial charge in [0, 0.05) is 19.5 Å². The summed E-state index contributed by atoms with van der Waals surface area (Å²) >= 11 is 0. The number of aliphatic carboxylic acids is 1. The molecule has 1 rings (SSSR count). The van der Waals surface area contributed by atoms with Gasteiger partial charge in [-0.2, -0.15) is 0 Å². The Morgan fingerprint density at radius 3 is 2.33 bits per heavy atom. The molecule has 1 fully saturated rings. The molecule has 6 heteroatoms. The lowest BCUT2D eigenvalue weighted by molar-refractivity contribution is -0.146. The second-order valence-electron chi connectivity index (χ2n) is 6.56. The lowest BCUT2D eigenvalue weighted by Gasteiger charge is -2.31. The summed E-state index contributed by atoms with van der Waals surface area (Å²) in [4.78, 5) is 22.2. The fourth-order valence-electron chi connectivity index (χ4n) is 3.22. The molecule has 0 saturated heterocycles. The summed E-state index contributed by atoms with van der Waals surface area (Å²) in [5, 5.41) is 23.1. The van der Waals surface area contributed by atoms with Gasteiger partial charge in [0.25, 0.3) is 0 Å². The number of carboxylic acids is 1. The minimum Gasteiger partial charge on any atom is -0.479 e. The van der Waals surface area contributed by atoms with Crippen molar-refractivity contribution in [3.63, 3.8) is 0 Å². The smallest absolute Gasteiger partial charge is 0.332 e. The van der Waals surface area contributed by atoms with Crippen LogP contribution in [0.5, 0.6) is 0 Å². The van der Waals surface area contributed by atoms with E-state index in [2.05, 4.69) is 24.5 Å². The maximum atomic E-state index is 11.7. The van der Waals surface area contributed by atoms with E-state index in [-0.39, 0.29) is 24.4 Å². The first-order valence-electron chi connectivity index (χ1n) is 7.77. The second kappa shape index (κ2) is 8.22. The molecule has 4 N–H and O–H groups in total. The van der Waals surface area contributed by atoms with Crippen LogP contribution in [0, 0.1) is 11.3 Å². The Morgan fingerprint density at radius 2 is 1.81 bits per heavy atom. The first kappa shape index (κ1) is 17.8. The molecule has 21 heavy (non-hydrogen) atoms. The highest BCUT2D eigenvalue weighted by atomic mass is 16.4. The molecule has 1 aliphatic carbocycles. The molecule has 0 aromatic heterocycles. The Balaban J connectivity index is 2.29. The Hall–Kier alpha value is -1.30. The summed E-state index contributed by atoms with van der Waals surface area (Å²) < 4.78 is 0. The fourth-order valence-corrected chi connectivity index (χ4v) is 3.22. The summed E-state index contributed by atoms with van der Waals surface area (Å²) in [6.45, 7) is 5.22. The van der Waals surface area contributed by atoms with Crippen molar-refractivity contribution in [1.29, 1.82) is 0 Å². The minimum absolute atomic E-state index is 0.0138. The molecular weight excluding hydrogens is 272 g/mol. The second-order valence-corrected chi connectivity index (χ2v) is 6.56. The van der Waals surface area contributed by atoms with Crippen molar-refractivity contribution in [3.8, 4) is 0 Å². The summed E-state index contributed by atoms with van der Waals surface area (Å²) in [6.07, 6.45) is 4.46. The summed E-state index contributed by atoms with van der Waals surface area (Å²) in [6, 6.07) is -0.289. The number of urea groups is 1. The fraction of sp³-hybridized carbons (Fsp3) is 0.867. The van der Waals surface area contributed by atoms with Gasteiger partial charge in [-0.05, 0) is 30.6 Å². The van der Waals surface area contributed by atoms with Crippen LogP contribution in [0.2, 0.25) is 0 Å². The van der Waals surface area contributed by atoms with E-state index in [9.17, 15) is 9.59 Å². The van der Waals surface area contributed by atoms with E-state index in [1.807, 2.05) is 0 Å². The largest absolute Gasteiger partial charge is 0.479 e. The molecule has 0 aliphatic heterocycles. The van der Waals surface area contributed by atoms with Gasteiger partial charge in [0.05, 0.1) is 0 Å². The van der Waals surface area contributed by atoms with Gasteiger partial charge in [-0.1, -0.05) is 26.7 Å². The van der Waals surface area contributed by atoms with Crippen molar-refractivity contribution in [2.45, 2.75) is 58.5 Å². The highest BCUT2D eigenvalue weighted by Crippen LogP contribution is 2.42. The average Bonchev–Trinajstić information content (AvgIpc) is 2.84. The zero-order valence-corrected chi connectivity index (χ0v) is 13.0. The number of amides is 2. The predicted octanol–water partition coefficient (Wildman–Crippen LogP) is 1.73. The molecule has 0 aromatic rings. The highest BCUT2D eigenvalue weighted by molar-refractivity contribution is 5.74. The molecule has 0 bridgehead atoms. The van der Waals surface area contributed by atoms with E-state index < -0.39 is 12.1 Å². The molecule has 1 aliphatic rings. The number of hydrogen-bond acceptors (Lipinski definition) is 3. The molecule has 122 valence electrons. The topological polar surface area (TPSA) is 98.7 Å². The normalized spacial score (nSPS) is 18.5. The number of rotatable bonds is 8. The van der Waals surface area contributed by atoms with Crippen molar-refractivity contribution in [1.82, 2.24) is 10.6 Å². The molecule has 0 aromatic carbocycles. The number of nitrogens with one attached hydrogen (secondary N) is 2. The quantitative estimate of drug-likeness (QED) is 0.548. The molecule has 0 heterocycles. The van der Waals surface area contributed by atoms with Gasteiger partial charge in [0.1, 0.15) is 0 Å². The molecule has 1 atom stereocenters. The number of carbonyl (C=O) groups is 2. The molecule has 0 unspecified atom stereocenters. The van der Waals surface area contributed by atoms with E-state index in [1.165, 1.54) is 12.8 Å². The van der Waals surface area contributed by atoms with E-state index in [0.717, 1.165) is 19.3 Å². The molecule has 0 radical (unpaired) electrons. The summed E-state index contributed by atoms with van der Waals surface area (Å²) in [7, 11) is 0. The molecule has 0 spiro atoms. The lowest BCUT2D eigenvalue weighted by Crippen LogP contribution is -2.43. The van der Waals surface area contributed by atoms with Crippen LogP contribution in [0.25, 0.3) is 0 Å². The third kappa shape index (κ3) is 6.33. The maximum Gasteiger partial charge on any atom is 0.332 e. The van der Waals surface area contributed by atoms with E-state index in [0.29, 0.717) is 12.5 Å². The zero-order chi connectivity index (χ0) is 15.9. The Kier molecular flexibility index (Phi) is 6.95. The van der Waals surface area contributed by atoms with E-state index >= 15 is 0 Å². The number of aliphatic hydroxyl groups excluding tert-OH is 1. The van der Waals surface area contributed by atoms with Gasteiger partial charge < -0.3 is 20.8 Å². The first-order chi connectivity index (χ1) is 9.84. The number of carbonyl (C=O) groups excluding carboxylic acids is 1. The number of carboxylic acid groups (broad SMARTS) is 1. The Morgan fingerprint density at radius 1 is 1.19 bits per heavy atom. The van der Waals surface area contributed by atoms with Crippen LogP contribution in [0.15, 0.2) is 0 Å². The average molecular weight is 300 g/mol. The lowest BCUT2D eigenvalue weighted by atomic mass is 9.78. The van der Waals surface area contributed by atoms with Crippen molar-refractivity contribution < 1.29 is 19.8 Å². The van der Waals surface area contributed by atoms with Crippen LogP contribution >= 0.6 is 0 Å². The van der Waals surface area contributed by atoms with Crippen molar-refractivity contribution in [2.24, 2.45) is 11.3 Å². The third-order valence-corrected chi connectivity index (χ3v) is 4.12. The van der Waals surface area contributed by atoms with Crippen LogP contribution in [-0.4, -0.2) is 41.4 Å². The first-order valence-corrected chi connectivity index (χ1v) is 7.77. The number of aliphatic hydroxyl groups is 1. The highest BCUT2D eigenvalue weighted by Gasteiger charge is 2.34. The van der Waals surface area contributed by atoms with Gasteiger partial charge in [-0.15, -0.1) is 0 Å². The van der Waals surface area contributed by atoms with E-state index in [4.69, 9.17) is 10.2 Å². The van der Waals surface area contributed by atoms with Gasteiger partial charge in [-0.3, -0.25) is 0 Å². The standard InChI is InChI=1S/C15H28N2O4/c1-11(2)9-15(6-3-4-7-15)10-17-14(21)16-8-5-12(18)13(19)20/h11-12,18H,3-10H2,1-2H3,(H,19,20)(H2,16,17,21)/t12-/m0/s1. The van der Waals surface area contributed by atoms with Gasteiger partial charge in [0.15, 0.2) is 6.10 Å². The molecule has 2 amide bonds.